The zero-order valence-corrected chi connectivity index (χ0v) is 12.9. The minimum absolute atomic E-state index is 0.0179. The molecule has 1 aliphatic carbocycles. The van der Waals surface area contributed by atoms with Crippen LogP contribution in [0.2, 0.25) is 0 Å². The molecule has 3 N–H and O–H groups in total. The summed E-state index contributed by atoms with van der Waals surface area (Å²) in [5, 5.41) is 22.1. The van der Waals surface area contributed by atoms with Crippen LogP contribution in [-0.2, 0) is 0 Å². The van der Waals surface area contributed by atoms with Gasteiger partial charge >= 0.3 is 0 Å². The molecule has 116 valence electrons. The Kier molecular flexibility index (Phi) is 4.76. The van der Waals surface area contributed by atoms with Gasteiger partial charge in [0.1, 0.15) is 11.5 Å². The fourth-order valence-corrected chi connectivity index (χ4v) is 3.51. The van der Waals surface area contributed by atoms with Gasteiger partial charge in [-0.05, 0) is 48.8 Å². The lowest BCUT2D eigenvalue weighted by atomic mass is 9.78. The van der Waals surface area contributed by atoms with Crippen molar-refractivity contribution >= 4 is 5.91 Å². The van der Waals surface area contributed by atoms with Crippen molar-refractivity contribution in [3.63, 3.8) is 0 Å². The number of amides is 1. The van der Waals surface area contributed by atoms with E-state index in [9.17, 15) is 15.0 Å². The molecular weight excluding hydrogens is 266 g/mol. The Morgan fingerprint density at radius 2 is 1.95 bits per heavy atom. The number of hydrogen-bond acceptors (Lipinski definition) is 3. The molecule has 0 radical (unpaired) electrons. The Morgan fingerprint density at radius 1 is 1.29 bits per heavy atom. The largest absolute Gasteiger partial charge is 0.508 e. The van der Waals surface area contributed by atoms with Gasteiger partial charge in [0.25, 0.3) is 5.91 Å². The predicted molar refractivity (Wildman–Crippen MR) is 82.5 cm³/mol. The van der Waals surface area contributed by atoms with Gasteiger partial charge in [-0.1, -0.05) is 26.7 Å². The van der Waals surface area contributed by atoms with Gasteiger partial charge in [0.15, 0.2) is 0 Å². The molecule has 2 rings (SSSR count). The standard InChI is InChI=1S/C17H25NO3/c1-12(2)10-17(7-3-4-8-17)11-18-16(21)14-9-13(19)5-6-15(14)20/h5-6,9,12,19-20H,3-4,7-8,10-11H2,1-2H3,(H,18,21). The van der Waals surface area contributed by atoms with Gasteiger partial charge < -0.3 is 15.5 Å². The second-order valence-electron chi connectivity index (χ2n) is 6.69. The number of rotatable bonds is 5. The van der Waals surface area contributed by atoms with Crippen LogP contribution in [-0.4, -0.2) is 22.7 Å². The fraction of sp³-hybridized carbons (Fsp3) is 0.588. The summed E-state index contributed by atoms with van der Waals surface area (Å²) in [5.74, 6) is 0.165. The molecular formula is C17H25NO3. The number of carbonyl (C=O) groups excluding carboxylic acids is 1. The number of aromatic hydroxyl groups is 2. The monoisotopic (exact) mass is 291 g/mol. The van der Waals surface area contributed by atoms with E-state index >= 15 is 0 Å². The average Bonchev–Trinajstić information content (AvgIpc) is 2.87. The van der Waals surface area contributed by atoms with Crippen LogP contribution < -0.4 is 5.32 Å². The summed E-state index contributed by atoms with van der Waals surface area (Å²) in [6.45, 7) is 5.06. The van der Waals surface area contributed by atoms with Crippen molar-refractivity contribution in [2.45, 2.75) is 46.0 Å². The first-order valence-corrected chi connectivity index (χ1v) is 7.72. The van der Waals surface area contributed by atoms with Gasteiger partial charge in [-0.2, -0.15) is 0 Å². The van der Waals surface area contributed by atoms with Crippen molar-refractivity contribution in [2.24, 2.45) is 11.3 Å². The number of hydrogen-bond donors (Lipinski definition) is 3. The van der Waals surface area contributed by atoms with Crippen LogP contribution in [0.15, 0.2) is 18.2 Å². The summed E-state index contributed by atoms with van der Waals surface area (Å²) in [6.07, 6.45) is 5.86. The maximum atomic E-state index is 12.2. The molecule has 21 heavy (non-hydrogen) atoms. The second-order valence-corrected chi connectivity index (χ2v) is 6.69. The summed E-state index contributed by atoms with van der Waals surface area (Å²) >= 11 is 0. The number of phenols is 2. The summed E-state index contributed by atoms with van der Waals surface area (Å²) < 4.78 is 0. The van der Waals surface area contributed by atoms with Gasteiger partial charge in [-0.3, -0.25) is 4.79 Å². The minimum Gasteiger partial charge on any atom is -0.508 e. The van der Waals surface area contributed by atoms with E-state index in [1.165, 1.54) is 31.0 Å². The lowest BCUT2D eigenvalue weighted by Gasteiger charge is -2.31. The van der Waals surface area contributed by atoms with Gasteiger partial charge in [0.05, 0.1) is 5.56 Å². The van der Waals surface area contributed by atoms with Crippen LogP contribution in [0, 0.1) is 11.3 Å². The molecule has 1 amide bonds. The average molecular weight is 291 g/mol. The minimum atomic E-state index is -0.321. The van der Waals surface area contributed by atoms with Crippen LogP contribution in [0.5, 0.6) is 11.5 Å². The van der Waals surface area contributed by atoms with Crippen molar-refractivity contribution in [3.05, 3.63) is 23.8 Å². The third-order valence-electron chi connectivity index (χ3n) is 4.35. The highest BCUT2D eigenvalue weighted by molar-refractivity contribution is 5.97. The lowest BCUT2D eigenvalue weighted by molar-refractivity contribution is 0.0918. The Hall–Kier alpha value is -1.71. The highest BCUT2D eigenvalue weighted by Gasteiger charge is 2.34. The van der Waals surface area contributed by atoms with E-state index in [1.807, 2.05) is 0 Å². The second kappa shape index (κ2) is 6.37. The molecule has 1 aromatic rings. The van der Waals surface area contributed by atoms with Gasteiger partial charge in [0.2, 0.25) is 0 Å². The quantitative estimate of drug-likeness (QED) is 0.728. The predicted octanol–water partition coefficient (Wildman–Crippen LogP) is 3.43. The first-order valence-electron chi connectivity index (χ1n) is 7.72. The van der Waals surface area contributed by atoms with Crippen molar-refractivity contribution < 1.29 is 15.0 Å². The maximum absolute atomic E-state index is 12.2. The lowest BCUT2D eigenvalue weighted by Crippen LogP contribution is -2.36. The van der Waals surface area contributed by atoms with Gasteiger partial charge in [0, 0.05) is 6.54 Å². The first-order chi connectivity index (χ1) is 9.92. The zero-order valence-electron chi connectivity index (χ0n) is 12.9. The van der Waals surface area contributed by atoms with E-state index in [2.05, 4.69) is 19.2 Å². The molecule has 0 aromatic heterocycles. The third-order valence-corrected chi connectivity index (χ3v) is 4.35. The Labute approximate surface area is 126 Å². The fourth-order valence-electron chi connectivity index (χ4n) is 3.51. The van der Waals surface area contributed by atoms with E-state index in [0.29, 0.717) is 12.5 Å². The van der Waals surface area contributed by atoms with Crippen molar-refractivity contribution in [1.29, 1.82) is 0 Å². The molecule has 0 unspecified atom stereocenters. The van der Waals surface area contributed by atoms with E-state index in [-0.39, 0.29) is 28.4 Å². The van der Waals surface area contributed by atoms with E-state index in [0.717, 1.165) is 19.3 Å². The molecule has 1 saturated carbocycles. The van der Waals surface area contributed by atoms with Crippen molar-refractivity contribution in [3.8, 4) is 11.5 Å². The van der Waals surface area contributed by atoms with Crippen LogP contribution in [0.1, 0.15) is 56.3 Å². The first kappa shape index (κ1) is 15.7. The van der Waals surface area contributed by atoms with E-state index < -0.39 is 0 Å². The molecule has 0 heterocycles. The molecule has 1 aliphatic rings. The highest BCUT2D eigenvalue weighted by atomic mass is 16.3. The normalized spacial score (nSPS) is 17.1. The molecule has 1 aromatic carbocycles. The number of nitrogens with one attached hydrogen (secondary N) is 1. The van der Waals surface area contributed by atoms with Crippen LogP contribution >= 0.6 is 0 Å². The maximum Gasteiger partial charge on any atom is 0.255 e. The Morgan fingerprint density at radius 3 is 2.57 bits per heavy atom. The summed E-state index contributed by atoms with van der Waals surface area (Å²) in [7, 11) is 0. The molecule has 1 fully saturated rings. The van der Waals surface area contributed by atoms with Crippen molar-refractivity contribution in [1.82, 2.24) is 5.32 Å². The summed E-state index contributed by atoms with van der Waals surface area (Å²) in [6, 6.07) is 4.00. The topological polar surface area (TPSA) is 69.6 Å². The molecule has 0 spiro atoms. The summed E-state index contributed by atoms with van der Waals surface area (Å²) in [5.41, 5.74) is 0.323. The van der Waals surface area contributed by atoms with Crippen molar-refractivity contribution in [2.75, 3.05) is 6.54 Å². The third kappa shape index (κ3) is 3.90. The molecule has 4 heteroatoms. The number of phenolic OH excluding ortho intramolecular Hbond substituents is 2. The van der Waals surface area contributed by atoms with E-state index in [4.69, 9.17) is 0 Å². The smallest absolute Gasteiger partial charge is 0.255 e. The Bertz CT molecular complexity index is 505. The summed E-state index contributed by atoms with van der Waals surface area (Å²) in [4.78, 5) is 12.2. The zero-order chi connectivity index (χ0) is 15.5. The molecule has 0 atom stereocenters. The molecule has 4 nitrogen and oxygen atoms in total. The van der Waals surface area contributed by atoms with Crippen LogP contribution in [0.3, 0.4) is 0 Å². The Balaban J connectivity index is 2.03. The molecule has 0 bridgehead atoms. The van der Waals surface area contributed by atoms with Gasteiger partial charge in [-0.15, -0.1) is 0 Å². The van der Waals surface area contributed by atoms with Crippen LogP contribution in [0.4, 0.5) is 0 Å². The molecule has 0 saturated heterocycles. The molecule has 0 aliphatic heterocycles. The number of carbonyl (C=O) groups is 1. The van der Waals surface area contributed by atoms with Gasteiger partial charge in [-0.25, -0.2) is 0 Å². The van der Waals surface area contributed by atoms with E-state index in [1.54, 1.807) is 0 Å². The SMILES string of the molecule is CC(C)CC1(CNC(=O)c2cc(O)ccc2O)CCCC1. The highest BCUT2D eigenvalue weighted by Crippen LogP contribution is 2.42. The number of benzene rings is 1. The van der Waals surface area contributed by atoms with Crippen LogP contribution in [0.25, 0.3) is 0 Å².